The molecule has 0 radical (unpaired) electrons. The molecule has 0 unspecified atom stereocenters. The molecule has 0 atom stereocenters. The zero-order valence-electron chi connectivity index (χ0n) is 14.8. The Morgan fingerprint density at radius 1 is 1.24 bits per heavy atom. The van der Waals surface area contributed by atoms with Crippen LogP contribution in [0.25, 0.3) is 11.6 Å². The maximum absolute atomic E-state index is 12.4. The summed E-state index contributed by atoms with van der Waals surface area (Å²) in [5.41, 5.74) is -0.365. The van der Waals surface area contributed by atoms with Crippen LogP contribution < -0.4 is 5.76 Å². The maximum atomic E-state index is 12.4. The predicted molar refractivity (Wildman–Crippen MR) is 90.5 cm³/mol. The molecule has 1 aliphatic heterocycles. The molecule has 1 fully saturated rings. The fourth-order valence-corrected chi connectivity index (χ4v) is 3.06. The number of nitrogens with zero attached hydrogens (tertiary/aromatic N) is 5. The number of carbonyl (C=O) groups excluding carboxylic acids is 1. The van der Waals surface area contributed by atoms with Gasteiger partial charge in [-0.25, -0.2) is 14.8 Å². The smallest absolute Gasteiger partial charge is 0.342 e. The van der Waals surface area contributed by atoms with Gasteiger partial charge in [-0.05, 0) is 24.8 Å². The van der Waals surface area contributed by atoms with E-state index in [1.165, 1.54) is 4.57 Å². The van der Waals surface area contributed by atoms with Crippen molar-refractivity contribution in [1.82, 2.24) is 24.6 Å². The molecular formula is C17H23N5O3. The van der Waals surface area contributed by atoms with Gasteiger partial charge in [0.2, 0.25) is 11.7 Å². The van der Waals surface area contributed by atoms with Crippen molar-refractivity contribution in [3.05, 3.63) is 29.0 Å². The van der Waals surface area contributed by atoms with Crippen LogP contribution in [0.2, 0.25) is 0 Å². The standard InChI is InChI=1S/C17H23N5O3/c1-17(2,3)15(23)21-9-5-12(6-10-21)11-22-14(20-25-16(22)24)13-18-7-4-8-19-13/h4,7-8,12H,5-6,9-11H2,1-3H3. The average Bonchev–Trinajstić information content (AvgIpc) is 2.96. The van der Waals surface area contributed by atoms with Crippen LogP contribution in [0.15, 0.2) is 27.8 Å². The Morgan fingerprint density at radius 3 is 2.48 bits per heavy atom. The summed E-state index contributed by atoms with van der Waals surface area (Å²) in [5.74, 6) is 0.665. The third-order valence-electron chi connectivity index (χ3n) is 4.44. The molecule has 0 N–H and O–H groups in total. The second-order valence-corrected chi connectivity index (χ2v) is 7.44. The van der Waals surface area contributed by atoms with E-state index in [1.54, 1.807) is 18.5 Å². The highest BCUT2D eigenvalue weighted by molar-refractivity contribution is 5.81. The van der Waals surface area contributed by atoms with E-state index in [0.29, 0.717) is 31.3 Å². The molecule has 25 heavy (non-hydrogen) atoms. The van der Waals surface area contributed by atoms with E-state index in [9.17, 15) is 9.59 Å². The van der Waals surface area contributed by atoms with Crippen molar-refractivity contribution in [3.8, 4) is 11.6 Å². The number of hydrogen-bond acceptors (Lipinski definition) is 6. The Bertz CT molecular complexity index is 783. The van der Waals surface area contributed by atoms with Crippen LogP contribution >= 0.6 is 0 Å². The van der Waals surface area contributed by atoms with Crippen LogP contribution in [0.3, 0.4) is 0 Å². The molecule has 1 saturated heterocycles. The quantitative estimate of drug-likeness (QED) is 0.838. The highest BCUT2D eigenvalue weighted by Gasteiger charge is 2.31. The van der Waals surface area contributed by atoms with E-state index in [1.807, 2.05) is 25.7 Å². The molecule has 8 heteroatoms. The molecule has 0 aromatic carbocycles. The van der Waals surface area contributed by atoms with Gasteiger partial charge in [-0.2, -0.15) is 0 Å². The highest BCUT2D eigenvalue weighted by Crippen LogP contribution is 2.25. The summed E-state index contributed by atoms with van der Waals surface area (Å²) in [6.07, 6.45) is 4.88. The Hall–Kier alpha value is -2.51. The molecule has 0 bridgehead atoms. The second-order valence-electron chi connectivity index (χ2n) is 7.44. The van der Waals surface area contributed by atoms with Crippen molar-refractivity contribution < 1.29 is 9.32 Å². The summed E-state index contributed by atoms with van der Waals surface area (Å²) in [5, 5.41) is 3.81. The normalized spacial score (nSPS) is 16.2. The monoisotopic (exact) mass is 345 g/mol. The molecular weight excluding hydrogens is 322 g/mol. The van der Waals surface area contributed by atoms with Crippen LogP contribution in [0, 0.1) is 11.3 Å². The van der Waals surface area contributed by atoms with E-state index in [-0.39, 0.29) is 17.2 Å². The molecule has 3 rings (SSSR count). The van der Waals surface area contributed by atoms with E-state index in [4.69, 9.17) is 4.52 Å². The van der Waals surface area contributed by atoms with Crippen LogP contribution in [-0.2, 0) is 11.3 Å². The zero-order chi connectivity index (χ0) is 18.0. The van der Waals surface area contributed by atoms with Crippen molar-refractivity contribution in [1.29, 1.82) is 0 Å². The largest absolute Gasteiger partial charge is 0.441 e. The summed E-state index contributed by atoms with van der Waals surface area (Å²) in [4.78, 5) is 34.5. The molecule has 0 aliphatic carbocycles. The van der Waals surface area contributed by atoms with Gasteiger partial charge < -0.3 is 4.90 Å². The summed E-state index contributed by atoms with van der Waals surface area (Å²) in [6.45, 7) is 7.71. The van der Waals surface area contributed by atoms with Crippen LogP contribution in [0.1, 0.15) is 33.6 Å². The molecule has 2 aromatic rings. The SMILES string of the molecule is CC(C)(C)C(=O)N1CCC(Cn2c(-c3ncccn3)noc2=O)CC1. The van der Waals surface area contributed by atoms with Gasteiger partial charge in [0.25, 0.3) is 0 Å². The topological polar surface area (TPSA) is 94.1 Å². The van der Waals surface area contributed by atoms with Gasteiger partial charge in [-0.1, -0.05) is 25.9 Å². The van der Waals surface area contributed by atoms with E-state index in [2.05, 4.69) is 15.1 Å². The predicted octanol–water partition coefficient (Wildman–Crippen LogP) is 1.58. The lowest BCUT2D eigenvalue weighted by molar-refractivity contribution is -0.140. The Kier molecular flexibility index (Phi) is 4.69. The third kappa shape index (κ3) is 3.78. The second kappa shape index (κ2) is 6.78. The fraction of sp³-hybridized carbons (Fsp3) is 0.588. The number of piperidine rings is 1. The summed E-state index contributed by atoms with van der Waals surface area (Å²) < 4.78 is 6.30. The van der Waals surface area contributed by atoms with Gasteiger partial charge in [0.1, 0.15) is 0 Å². The van der Waals surface area contributed by atoms with Gasteiger partial charge >= 0.3 is 5.76 Å². The van der Waals surface area contributed by atoms with Crippen molar-refractivity contribution in [2.75, 3.05) is 13.1 Å². The van der Waals surface area contributed by atoms with Crippen molar-refractivity contribution in [2.45, 2.75) is 40.2 Å². The molecule has 3 heterocycles. The van der Waals surface area contributed by atoms with Crippen LogP contribution in [0.4, 0.5) is 0 Å². The average molecular weight is 345 g/mol. The maximum Gasteiger partial charge on any atom is 0.441 e. The van der Waals surface area contributed by atoms with Crippen molar-refractivity contribution in [3.63, 3.8) is 0 Å². The minimum absolute atomic E-state index is 0.173. The molecule has 1 amide bonds. The summed E-state index contributed by atoms with van der Waals surface area (Å²) >= 11 is 0. The molecule has 0 spiro atoms. The third-order valence-corrected chi connectivity index (χ3v) is 4.44. The molecule has 134 valence electrons. The van der Waals surface area contributed by atoms with Gasteiger partial charge in [0, 0.05) is 37.4 Å². The lowest BCUT2D eigenvalue weighted by Gasteiger charge is -2.35. The Morgan fingerprint density at radius 2 is 1.88 bits per heavy atom. The van der Waals surface area contributed by atoms with E-state index < -0.39 is 5.76 Å². The minimum atomic E-state index is -0.504. The van der Waals surface area contributed by atoms with E-state index in [0.717, 1.165) is 12.8 Å². The molecule has 1 aliphatic rings. The Balaban J connectivity index is 1.69. The lowest BCUT2D eigenvalue weighted by Crippen LogP contribution is -2.44. The van der Waals surface area contributed by atoms with Crippen molar-refractivity contribution >= 4 is 5.91 Å². The molecule has 0 saturated carbocycles. The van der Waals surface area contributed by atoms with Gasteiger partial charge in [0.05, 0.1) is 0 Å². The first-order valence-electron chi connectivity index (χ1n) is 8.49. The number of rotatable bonds is 3. The fourth-order valence-electron chi connectivity index (χ4n) is 3.06. The van der Waals surface area contributed by atoms with E-state index >= 15 is 0 Å². The van der Waals surface area contributed by atoms with Gasteiger partial charge in [0.15, 0.2) is 5.82 Å². The van der Waals surface area contributed by atoms with Crippen LogP contribution in [-0.4, -0.2) is 43.6 Å². The highest BCUT2D eigenvalue weighted by atomic mass is 16.5. The van der Waals surface area contributed by atoms with Gasteiger partial charge in [-0.15, -0.1) is 0 Å². The molecule has 8 nitrogen and oxygen atoms in total. The zero-order valence-corrected chi connectivity index (χ0v) is 14.8. The minimum Gasteiger partial charge on any atom is -0.342 e. The first-order valence-corrected chi connectivity index (χ1v) is 8.49. The van der Waals surface area contributed by atoms with Crippen LogP contribution in [0.5, 0.6) is 0 Å². The van der Waals surface area contributed by atoms with Crippen molar-refractivity contribution in [2.24, 2.45) is 11.3 Å². The number of likely N-dealkylation sites (tertiary alicyclic amines) is 1. The lowest BCUT2D eigenvalue weighted by atomic mass is 9.91. The first-order chi connectivity index (χ1) is 11.9. The summed E-state index contributed by atoms with van der Waals surface area (Å²) in [6, 6.07) is 1.70. The number of hydrogen-bond donors (Lipinski definition) is 0. The number of carbonyl (C=O) groups is 1. The number of amides is 1. The number of aromatic nitrogens is 4. The van der Waals surface area contributed by atoms with Gasteiger partial charge in [-0.3, -0.25) is 13.9 Å². The Labute approximate surface area is 145 Å². The molecule has 2 aromatic heterocycles. The summed E-state index contributed by atoms with van der Waals surface area (Å²) in [7, 11) is 0. The first kappa shape index (κ1) is 17.3.